The van der Waals surface area contributed by atoms with Gasteiger partial charge >= 0.3 is 5.97 Å². The lowest BCUT2D eigenvalue weighted by molar-refractivity contribution is -0.384. The van der Waals surface area contributed by atoms with Crippen LogP contribution >= 0.6 is 0 Å². The fourth-order valence-corrected chi connectivity index (χ4v) is 4.22. The van der Waals surface area contributed by atoms with Crippen LogP contribution in [0.25, 0.3) is 0 Å². The Labute approximate surface area is 146 Å². The number of nitrogens with zero attached hydrogens (tertiary/aromatic N) is 2. The number of carbonyl (C=O) groups is 1. The molecule has 1 heterocycles. The van der Waals surface area contributed by atoms with Crippen molar-refractivity contribution in [2.24, 2.45) is 5.92 Å². The van der Waals surface area contributed by atoms with Crippen molar-refractivity contribution < 1.29 is 19.6 Å². The van der Waals surface area contributed by atoms with Crippen LogP contribution in [0.4, 0.5) is 5.69 Å². The molecule has 1 aliphatic carbocycles. The van der Waals surface area contributed by atoms with Crippen LogP contribution in [0.15, 0.2) is 24.3 Å². The van der Waals surface area contributed by atoms with Gasteiger partial charge in [0.2, 0.25) is 0 Å². The first kappa shape index (κ1) is 17.7. The van der Waals surface area contributed by atoms with Crippen molar-refractivity contribution in [2.45, 2.75) is 50.6 Å². The summed E-state index contributed by atoms with van der Waals surface area (Å²) in [6.45, 7) is 1.18. The SMILES string of the molecule is O=C(O)C1CC2CCCCC2N1CCCOc1ccc([N+](=O)[O-])cc1. The Morgan fingerprint density at radius 3 is 2.68 bits per heavy atom. The standard InChI is InChI=1S/C18H24N2O5/c21-18(22)17-12-13-4-1-2-5-16(13)19(17)10-3-11-25-15-8-6-14(7-9-15)20(23)24/h6-9,13,16-17H,1-5,10-12H2,(H,21,22). The molecule has 1 saturated carbocycles. The Bertz CT molecular complexity index is 618. The Balaban J connectivity index is 1.50. The van der Waals surface area contributed by atoms with Gasteiger partial charge in [0.25, 0.3) is 5.69 Å². The van der Waals surface area contributed by atoms with Gasteiger partial charge in [0.15, 0.2) is 0 Å². The van der Waals surface area contributed by atoms with Crippen molar-refractivity contribution in [3.63, 3.8) is 0 Å². The third kappa shape index (κ3) is 4.10. The molecule has 1 aliphatic heterocycles. The molecule has 7 heteroatoms. The zero-order valence-electron chi connectivity index (χ0n) is 14.2. The van der Waals surface area contributed by atoms with E-state index in [1.54, 1.807) is 12.1 Å². The number of ether oxygens (including phenoxy) is 1. The number of aliphatic carboxylic acids is 1. The number of nitro benzene ring substituents is 1. The Morgan fingerprint density at radius 1 is 1.28 bits per heavy atom. The number of fused-ring (bicyclic) bond motifs is 1. The lowest BCUT2D eigenvalue weighted by Crippen LogP contribution is -2.43. The summed E-state index contributed by atoms with van der Waals surface area (Å²) in [4.78, 5) is 23.9. The highest BCUT2D eigenvalue weighted by atomic mass is 16.6. The summed E-state index contributed by atoms with van der Waals surface area (Å²) in [5.41, 5.74) is 0.0389. The van der Waals surface area contributed by atoms with Gasteiger partial charge in [-0.05, 0) is 43.7 Å². The molecule has 1 saturated heterocycles. The van der Waals surface area contributed by atoms with Crippen molar-refractivity contribution in [3.05, 3.63) is 34.4 Å². The lowest BCUT2D eigenvalue weighted by atomic mass is 9.85. The van der Waals surface area contributed by atoms with E-state index in [-0.39, 0.29) is 11.7 Å². The quantitative estimate of drug-likeness (QED) is 0.462. The number of carboxylic acids is 1. The summed E-state index contributed by atoms with van der Waals surface area (Å²) in [5, 5.41) is 20.1. The zero-order chi connectivity index (χ0) is 17.8. The molecule has 1 N–H and O–H groups in total. The summed E-state index contributed by atoms with van der Waals surface area (Å²) in [7, 11) is 0. The fraction of sp³-hybridized carbons (Fsp3) is 0.611. The van der Waals surface area contributed by atoms with Gasteiger partial charge in [-0.15, -0.1) is 0 Å². The lowest BCUT2D eigenvalue weighted by Gasteiger charge is -2.32. The molecule has 3 unspecified atom stereocenters. The highest BCUT2D eigenvalue weighted by Gasteiger charge is 2.44. The Hall–Kier alpha value is -2.15. The number of carboxylic acid groups (broad SMARTS) is 1. The van der Waals surface area contributed by atoms with E-state index in [0.717, 1.165) is 25.7 Å². The normalized spacial score (nSPS) is 26.2. The van der Waals surface area contributed by atoms with Crippen molar-refractivity contribution in [3.8, 4) is 5.75 Å². The molecule has 0 amide bonds. The molecule has 3 rings (SSSR count). The minimum atomic E-state index is -0.717. The summed E-state index contributed by atoms with van der Waals surface area (Å²) in [6.07, 6.45) is 6.14. The molecule has 2 fully saturated rings. The van der Waals surface area contributed by atoms with Crippen LogP contribution in [-0.4, -0.2) is 46.1 Å². The molecule has 0 aromatic heterocycles. The van der Waals surface area contributed by atoms with E-state index in [2.05, 4.69) is 4.90 Å². The predicted octanol–water partition coefficient (Wildman–Crippen LogP) is 3.08. The molecule has 2 aliphatic rings. The zero-order valence-corrected chi connectivity index (χ0v) is 14.2. The minimum absolute atomic E-state index is 0.0389. The average molecular weight is 348 g/mol. The molecule has 1 aromatic carbocycles. The van der Waals surface area contributed by atoms with Crippen LogP contribution in [0.1, 0.15) is 38.5 Å². The molecular weight excluding hydrogens is 324 g/mol. The van der Waals surface area contributed by atoms with Gasteiger partial charge in [0.05, 0.1) is 11.5 Å². The number of likely N-dealkylation sites (tertiary alicyclic amines) is 1. The average Bonchev–Trinajstić information content (AvgIpc) is 2.98. The summed E-state index contributed by atoms with van der Waals surface area (Å²) in [6, 6.07) is 6.05. The number of rotatable bonds is 7. The van der Waals surface area contributed by atoms with E-state index >= 15 is 0 Å². The monoisotopic (exact) mass is 348 g/mol. The van der Waals surface area contributed by atoms with E-state index < -0.39 is 10.9 Å². The first-order valence-corrected chi connectivity index (χ1v) is 8.92. The van der Waals surface area contributed by atoms with Gasteiger partial charge in [-0.25, -0.2) is 0 Å². The van der Waals surface area contributed by atoms with Crippen LogP contribution in [0.5, 0.6) is 5.75 Å². The van der Waals surface area contributed by atoms with Gasteiger partial charge in [0, 0.05) is 24.7 Å². The molecule has 0 spiro atoms. The van der Waals surface area contributed by atoms with Crippen molar-refractivity contribution in [1.29, 1.82) is 0 Å². The maximum atomic E-state index is 11.6. The topological polar surface area (TPSA) is 92.9 Å². The van der Waals surface area contributed by atoms with Crippen molar-refractivity contribution >= 4 is 11.7 Å². The second-order valence-electron chi connectivity index (χ2n) is 6.89. The maximum Gasteiger partial charge on any atom is 0.320 e. The van der Waals surface area contributed by atoms with E-state index in [9.17, 15) is 20.0 Å². The highest BCUT2D eigenvalue weighted by Crippen LogP contribution is 2.39. The predicted molar refractivity (Wildman–Crippen MR) is 91.7 cm³/mol. The maximum absolute atomic E-state index is 11.6. The Kier molecular flexibility index (Phi) is 5.53. The molecule has 3 atom stereocenters. The van der Waals surface area contributed by atoms with Gasteiger partial charge in [0.1, 0.15) is 11.8 Å². The first-order valence-electron chi connectivity index (χ1n) is 8.92. The number of non-ortho nitro benzene ring substituents is 1. The van der Waals surface area contributed by atoms with Crippen LogP contribution < -0.4 is 4.74 Å². The molecule has 136 valence electrons. The molecule has 0 bridgehead atoms. The number of benzene rings is 1. The van der Waals surface area contributed by atoms with Crippen molar-refractivity contribution in [2.75, 3.05) is 13.2 Å². The highest BCUT2D eigenvalue weighted by molar-refractivity contribution is 5.74. The molecule has 1 aromatic rings. The second kappa shape index (κ2) is 7.82. The molecule has 25 heavy (non-hydrogen) atoms. The van der Waals surface area contributed by atoms with Crippen LogP contribution in [0, 0.1) is 16.0 Å². The number of hydrogen-bond acceptors (Lipinski definition) is 5. The van der Waals surface area contributed by atoms with Gasteiger partial charge in [-0.3, -0.25) is 19.8 Å². The van der Waals surface area contributed by atoms with Crippen LogP contribution in [-0.2, 0) is 4.79 Å². The largest absolute Gasteiger partial charge is 0.494 e. The fourth-order valence-electron chi connectivity index (χ4n) is 4.22. The van der Waals surface area contributed by atoms with Crippen LogP contribution in [0.2, 0.25) is 0 Å². The number of hydrogen-bond donors (Lipinski definition) is 1. The smallest absolute Gasteiger partial charge is 0.320 e. The molecule has 7 nitrogen and oxygen atoms in total. The van der Waals surface area contributed by atoms with Crippen molar-refractivity contribution in [1.82, 2.24) is 4.90 Å². The molecule has 0 radical (unpaired) electrons. The van der Waals surface area contributed by atoms with Crippen LogP contribution in [0.3, 0.4) is 0 Å². The van der Waals surface area contributed by atoms with E-state index in [1.165, 1.54) is 25.0 Å². The van der Waals surface area contributed by atoms with Gasteiger partial charge in [-0.2, -0.15) is 0 Å². The minimum Gasteiger partial charge on any atom is -0.494 e. The van der Waals surface area contributed by atoms with E-state index in [0.29, 0.717) is 30.9 Å². The first-order chi connectivity index (χ1) is 12.1. The third-order valence-corrected chi connectivity index (χ3v) is 5.38. The molecular formula is C18H24N2O5. The second-order valence-corrected chi connectivity index (χ2v) is 6.89. The van der Waals surface area contributed by atoms with E-state index in [1.807, 2.05) is 0 Å². The third-order valence-electron chi connectivity index (χ3n) is 5.38. The van der Waals surface area contributed by atoms with E-state index in [4.69, 9.17) is 4.74 Å². The summed E-state index contributed by atoms with van der Waals surface area (Å²) < 4.78 is 5.64. The summed E-state index contributed by atoms with van der Waals surface area (Å²) in [5.74, 6) is 0.397. The Morgan fingerprint density at radius 2 is 2.00 bits per heavy atom. The number of nitro groups is 1. The van der Waals surface area contributed by atoms with Gasteiger partial charge < -0.3 is 9.84 Å². The van der Waals surface area contributed by atoms with Gasteiger partial charge in [-0.1, -0.05) is 12.8 Å². The summed E-state index contributed by atoms with van der Waals surface area (Å²) >= 11 is 0.